The van der Waals surface area contributed by atoms with E-state index in [2.05, 4.69) is 15.3 Å². The van der Waals surface area contributed by atoms with Gasteiger partial charge in [-0.15, -0.1) is 0 Å². The van der Waals surface area contributed by atoms with E-state index in [0.717, 1.165) is 5.56 Å². The second kappa shape index (κ2) is 7.31. The summed E-state index contributed by atoms with van der Waals surface area (Å²) in [6.07, 6.45) is 1.85. The Morgan fingerprint density at radius 2 is 1.95 bits per heavy atom. The molecule has 0 aliphatic heterocycles. The summed E-state index contributed by atoms with van der Waals surface area (Å²) in [4.78, 5) is 32.1. The summed E-state index contributed by atoms with van der Waals surface area (Å²) in [7, 11) is 1.29. The first kappa shape index (κ1) is 15.6. The van der Waals surface area contributed by atoms with Crippen molar-refractivity contribution >= 4 is 11.9 Å². The van der Waals surface area contributed by atoms with Gasteiger partial charge in [-0.2, -0.15) is 0 Å². The van der Waals surface area contributed by atoms with E-state index in [1.807, 2.05) is 30.3 Å². The predicted molar refractivity (Wildman–Crippen MR) is 80.2 cm³/mol. The molecule has 0 unspecified atom stereocenters. The predicted octanol–water partition coefficient (Wildman–Crippen LogP) is 1.30. The van der Waals surface area contributed by atoms with Crippen LogP contribution in [0, 0.1) is 6.92 Å². The van der Waals surface area contributed by atoms with Gasteiger partial charge in [-0.05, 0) is 18.6 Å². The number of rotatable bonds is 5. The molecule has 0 saturated heterocycles. The number of nitrogens with zero attached hydrogens (tertiary/aromatic N) is 2. The molecule has 0 bridgehead atoms. The molecule has 1 amide bonds. The molecule has 2 rings (SSSR count). The summed E-state index contributed by atoms with van der Waals surface area (Å²) in [6, 6.07) is 10.1. The van der Waals surface area contributed by atoms with Crippen molar-refractivity contribution < 1.29 is 14.3 Å². The Morgan fingerprint density at radius 3 is 2.59 bits per heavy atom. The summed E-state index contributed by atoms with van der Waals surface area (Å²) in [6.45, 7) is 1.69. The zero-order valence-electron chi connectivity index (χ0n) is 12.4. The molecule has 22 heavy (non-hydrogen) atoms. The third-order valence-corrected chi connectivity index (χ3v) is 3.08. The van der Waals surface area contributed by atoms with Gasteiger partial charge >= 0.3 is 5.97 Å². The van der Waals surface area contributed by atoms with Crippen LogP contribution in [0.5, 0.6) is 0 Å². The Bertz CT molecular complexity index is 659. The summed E-state index contributed by atoms with van der Waals surface area (Å²) < 4.78 is 4.76. The van der Waals surface area contributed by atoms with Crippen molar-refractivity contribution in [2.24, 2.45) is 0 Å². The number of aromatic nitrogens is 2. The molecule has 0 saturated carbocycles. The van der Waals surface area contributed by atoms with Gasteiger partial charge in [0.1, 0.15) is 17.6 Å². The molecule has 0 fully saturated rings. The molecule has 1 N–H and O–H groups in total. The van der Waals surface area contributed by atoms with Gasteiger partial charge in [0, 0.05) is 12.6 Å². The van der Waals surface area contributed by atoms with E-state index in [0.29, 0.717) is 12.2 Å². The number of methoxy groups -OCH3 is 1. The number of benzene rings is 1. The van der Waals surface area contributed by atoms with E-state index in [1.165, 1.54) is 19.4 Å². The van der Waals surface area contributed by atoms with Crippen LogP contribution in [0.1, 0.15) is 21.9 Å². The number of hydrogen-bond donors (Lipinski definition) is 1. The maximum atomic E-state index is 12.2. The van der Waals surface area contributed by atoms with Crippen molar-refractivity contribution in [3.8, 4) is 0 Å². The van der Waals surface area contributed by atoms with E-state index >= 15 is 0 Å². The van der Waals surface area contributed by atoms with Crippen LogP contribution in [0.2, 0.25) is 0 Å². The van der Waals surface area contributed by atoms with Crippen molar-refractivity contribution in [2.45, 2.75) is 19.4 Å². The molecule has 6 nitrogen and oxygen atoms in total. The van der Waals surface area contributed by atoms with Crippen LogP contribution in [0.4, 0.5) is 0 Å². The average molecular weight is 299 g/mol. The van der Waals surface area contributed by atoms with Crippen molar-refractivity contribution in [3.63, 3.8) is 0 Å². The first-order valence-corrected chi connectivity index (χ1v) is 6.82. The maximum Gasteiger partial charge on any atom is 0.328 e. The lowest BCUT2D eigenvalue weighted by atomic mass is 10.1. The fourth-order valence-corrected chi connectivity index (χ4v) is 2.00. The Kier molecular flexibility index (Phi) is 5.19. The molecule has 0 spiro atoms. The quantitative estimate of drug-likeness (QED) is 0.842. The lowest BCUT2D eigenvalue weighted by Gasteiger charge is -2.16. The first-order valence-electron chi connectivity index (χ1n) is 6.82. The van der Waals surface area contributed by atoms with E-state index in [4.69, 9.17) is 4.74 Å². The number of aryl methyl sites for hydroxylation is 1. The maximum absolute atomic E-state index is 12.2. The second-order valence-corrected chi connectivity index (χ2v) is 4.73. The van der Waals surface area contributed by atoms with Gasteiger partial charge in [0.05, 0.1) is 7.11 Å². The first-order chi connectivity index (χ1) is 10.6. The molecule has 6 heteroatoms. The number of hydrogen-bond acceptors (Lipinski definition) is 5. The van der Waals surface area contributed by atoms with Crippen molar-refractivity contribution in [2.75, 3.05) is 7.11 Å². The Morgan fingerprint density at radius 1 is 1.23 bits per heavy atom. The standard InChI is InChI=1S/C16H17N3O3/c1-11-17-9-8-13(18-11)15(20)19-14(16(21)22-2)10-12-6-4-3-5-7-12/h3-9,14H,10H2,1-2H3,(H,19,20)/t14-/m1/s1. The van der Waals surface area contributed by atoms with Crippen LogP contribution in [-0.4, -0.2) is 35.0 Å². The highest BCUT2D eigenvalue weighted by molar-refractivity contribution is 5.95. The largest absolute Gasteiger partial charge is 0.467 e. The molecule has 1 atom stereocenters. The molecule has 114 valence electrons. The Balaban J connectivity index is 2.13. The molecule has 0 aliphatic carbocycles. The van der Waals surface area contributed by atoms with Crippen LogP contribution < -0.4 is 5.32 Å². The summed E-state index contributed by atoms with van der Waals surface area (Å²) in [5, 5.41) is 2.66. The molecule has 1 aromatic heterocycles. The average Bonchev–Trinajstić information content (AvgIpc) is 2.54. The lowest BCUT2D eigenvalue weighted by Crippen LogP contribution is -2.43. The van der Waals surface area contributed by atoms with Gasteiger partial charge in [-0.3, -0.25) is 4.79 Å². The van der Waals surface area contributed by atoms with Crippen LogP contribution in [0.3, 0.4) is 0 Å². The van der Waals surface area contributed by atoms with E-state index in [1.54, 1.807) is 6.92 Å². The topological polar surface area (TPSA) is 81.2 Å². The number of carbonyl (C=O) groups is 2. The van der Waals surface area contributed by atoms with Gasteiger partial charge in [-0.25, -0.2) is 14.8 Å². The van der Waals surface area contributed by atoms with Crippen molar-refractivity contribution in [1.82, 2.24) is 15.3 Å². The molecular formula is C16H17N3O3. The molecule has 1 heterocycles. The fourth-order valence-electron chi connectivity index (χ4n) is 2.00. The van der Waals surface area contributed by atoms with Gasteiger partial charge < -0.3 is 10.1 Å². The van der Waals surface area contributed by atoms with Gasteiger partial charge in [0.15, 0.2) is 0 Å². The van der Waals surface area contributed by atoms with Gasteiger partial charge in [0.25, 0.3) is 5.91 Å². The minimum Gasteiger partial charge on any atom is -0.467 e. The molecule has 0 radical (unpaired) electrons. The number of carbonyl (C=O) groups excluding carboxylic acids is 2. The summed E-state index contributed by atoms with van der Waals surface area (Å²) in [5.74, 6) is -0.440. The van der Waals surface area contributed by atoms with Gasteiger partial charge in [-0.1, -0.05) is 30.3 Å². The Labute approximate surface area is 128 Å². The minimum absolute atomic E-state index is 0.217. The van der Waals surface area contributed by atoms with Crippen LogP contribution in [-0.2, 0) is 16.0 Å². The minimum atomic E-state index is -0.768. The zero-order valence-corrected chi connectivity index (χ0v) is 12.4. The molecule has 1 aromatic carbocycles. The van der Waals surface area contributed by atoms with Crippen LogP contribution in [0.15, 0.2) is 42.6 Å². The third-order valence-electron chi connectivity index (χ3n) is 3.08. The highest BCUT2D eigenvalue weighted by atomic mass is 16.5. The molecule has 0 aliphatic rings. The molecule has 2 aromatic rings. The third kappa shape index (κ3) is 4.12. The summed E-state index contributed by atoms with van der Waals surface area (Å²) >= 11 is 0. The normalized spacial score (nSPS) is 11.5. The number of amides is 1. The monoisotopic (exact) mass is 299 g/mol. The van der Waals surface area contributed by atoms with Crippen LogP contribution >= 0.6 is 0 Å². The molecular weight excluding hydrogens is 282 g/mol. The zero-order chi connectivity index (χ0) is 15.9. The summed E-state index contributed by atoms with van der Waals surface area (Å²) in [5.41, 5.74) is 1.14. The second-order valence-electron chi connectivity index (χ2n) is 4.73. The van der Waals surface area contributed by atoms with Gasteiger partial charge in [0.2, 0.25) is 0 Å². The number of esters is 1. The number of nitrogens with one attached hydrogen (secondary N) is 1. The van der Waals surface area contributed by atoms with E-state index in [9.17, 15) is 9.59 Å². The van der Waals surface area contributed by atoms with Crippen molar-refractivity contribution in [3.05, 3.63) is 59.7 Å². The Hall–Kier alpha value is -2.76. The van der Waals surface area contributed by atoms with E-state index < -0.39 is 17.9 Å². The lowest BCUT2D eigenvalue weighted by molar-refractivity contribution is -0.142. The highest BCUT2D eigenvalue weighted by Gasteiger charge is 2.23. The van der Waals surface area contributed by atoms with E-state index in [-0.39, 0.29) is 5.69 Å². The SMILES string of the molecule is COC(=O)[C@@H](Cc1ccccc1)NC(=O)c1ccnc(C)n1. The van der Waals surface area contributed by atoms with Crippen LogP contribution in [0.25, 0.3) is 0 Å². The highest BCUT2D eigenvalue weighted by Crippen LogP contribution is 2.06. The van der Waals surface area contributed by atoms with Crippen molar-refractivity contribution in [1.29, 1.82) is 0 Å². The number of ether oxygens (including phenoxy) is 1. The smallest absolute Gasteiger partial charge is 0.328 e. The fraction of sp³-hybridized carbons (Fsp3) is 0.250.